The van der Waals surface area contributed by atoms with Crippen LogP contribution in [0, 0.1) is 5.82 Å². The van der Waals surface area contributed by atoms with E-state index in [1.54, 1.807) is 30.3 Å². The number of amides is 1. The Morgan fingerprint density at radius 2 is 1.95 bits per heavy atom. The van der Waals surface area contributed by atoms with E-state index in [0.717, 1.165) is 0 Å². The normalized spacial score (nSPS) is 10.5. The number of nitrogens with zero attached hydrogens (tertiary/aromatic N) is 2. The molecule has 2 aromatic carbocycles. The first-order valence-corrected chi connectivity index (χ1v) is 7.08. The molecule has 0 fully saturated rings. The summed E-state index contributed by atoms with van der Waals surface area (Å²) in [5.41, 5.74) is 0.877. The average molecular weight is 362 g/mol. The van der Waals surface area contributed by atoms with Gasteiger partial charge in [-0.05, 0) is 46.3 Å². The summed E-state index contributed by atoms with van der Waals surface area (Å²) in [4.78, 5) is 12.1. The van der Waals surface area contributed by atoms with Gasteiger partial charge in [0, 0.05) is 10.0 Å². The molecule has 0 aliphatic rings. The molecule has 0 radical (unpaired) electrons. The van der Waals surface area contributed by atoms with E-state index in [9.17, 15) is 9.18 Å². The van der Waals surface area contributed by atoms with E-state index in [0.29, 0.717) is 15.6 Å². The highest BCUT2D eigenvalue weighted by Gasteiger charge is 2.14. The molecule has 3 rings (SSSR count). The van der Waals surface area contributed by atoms with Gasteiger partial charge < -0.3 is 4.42 Å². The molecule has 0 saturated carbocycles. The van der Waals surface area contributed by atoms with Crippen LogP contribution in [0.3, 0.4) is 0 Å². The third kappa shape index (κ3) is 3.04. The van der Waals surface area contributed by atoms with E-state index in [1.165, 1.54) is 18.2 Å². The van der Waals surface area contributed by atoms with Crippen LogP contribution >= 0.6 is 15.9 Å². The van der Waals surface area contributed by atoms with Crippen LogP contribution in [0.1, 0.15) is 10.4 Å². The highest BCUT2D eigenvalue weighted by molar-refractivity contribution is 9.10. The fraction of sp³-hybridized carbons (Fsp3) is 0. The fourth-order valence-corrected chi connectivity index (χ4v) is 2.29. The van der Waals surface area contributed by atoms with Gasteiger partial charge in [0.1, 0.15) is 5.82 Å². The minimum absolute atomic E-state index is 0.0555. The molecule has 1 amide bonds. The van der Waals surface area contributed by atoms with E-state index in [2.05, 4.69) is 31.4 Å². The summed E-state index contributed by atoms with van der Waals surface area (Å²) >= 11 is 3.29. The number of nitrogens with one attached hydrogen (secondary N) is 1. The summed E-state index contributed by atoms with van der Waals surface area (Å²) in [5.74, 6) is -0.668. The average Bonchev–Trinajstić information content (AvgIpc) is 2.96. The van der Waals surface area contributed by atoms with Gasteiger partial charge in [-0.1, -0.05) is 23.3 Å². The van der Waals surface area contributed by atoms with Crippen molar-refractivity contribution in [3.63, 3.8) is 0 Å². The van der Waals surface area contributed by atoms with Gasteiger partial charge in [0.2, 0.25) is 5.89 Å². The standard InChI is InChI=1S/C15H9BrFN3O2/c16-12-7-2-1-6-11(12)13(21)18-15-20-19-14(22-15)9-4-3-5-10(17)8-9/h1-8H,(H,18,20,21). The van der Waals surface area contributed by atoms with E-state index in [1.807, 2.05) is 0 Å². The van der Waals surface area contributed by atoms with Crippen LogP contribution in [-0.2, 0) is 0 Å². The summed E-state index contributed by atoms with van der Waals surface area (Å²) in [6.45, 7) is 0. The highest BCUT2D eigenvalue weighted by Crippen LogP contribution is 2.22. The van der Waals surface area contributed by atoms with Crippen molar-refractivity contribution in [3.05, 3.63) is 64.4 Å². The summed E-state index contributed by atoms with van der Waals surface area (Å²) in [5, 5.41) is 10.0. The van der Waals surface area contributed by atoms with Crippen LogP contribution in [0.5, 0.6) is 0 Å². The Balaban J connectivity index is 1.80. The van der Waals surface area contributed by atoms with E-state index in [-0.39, 0.29) is 17.8 Å². The van der Waals surface area contributed by atoms with Gasteiger partial charge in [-0.25, -0.2) is 4.39 Å². The van der Waals surface area contributed by atoms with E-state index in [4.69, 9.17) is 4.42 Å². The zero-order valence-corrected chi connectivity index (χ0v) is 12.7. The van der Waals surface area contributed by atoms with Gasteiger partial charge in [0.25, 0.3) is 5.91 Å². The minimum Gasteiger partial charge on any atom is -0.403 e. The second-order valence-corrected chi connectivity index (χ2v) is 5.21. The maximum atomic E-state index is 13.2. The number of carbonyl (C=O) groups excluding carboxylic acids is 1. The molecule has 7 heteroatoms. The Labute approximate surface area is 133 Å². The fourth-order valence-electron chi connectivity index (χ4n) is 1.82. The Bertz CT molecular complexity index is 835. The van der Waals surface area contributed by atoms with Crippen LogP contribution in [0.2, 0.25) is 0 Å². The topological polar surface area (TPSA) is 68.0 Å². The van der Waals surface area contributed by atoms with E-state index < -0.39 is 5.82 Å². The van der Waals surface area contributed by atoms with Crippen LogP contribution in [-0.4, -0.2) is 16.1 Å². The maximum Gasteiger partial charge on any atom is 0.322 e. The lowest BCUT2D eigenvalue weighted by Gasteiger charge is -2.02. The smallest absolute Gasteiger partial charge is 0.322 e. The zero-order chi connectivity index (χ0) is 15.5. The number of rotatable bonds is 3. The Morgan fingerprint density at radius 1 is 1.14 bits per heavy atom. The van der Waals surface area contributed by atoms with Crippen molar-refractivity contribution in [2.75, 3.05) is 5.32 Å². The number of carbonyl (C=O) groups is 1. The molecule has 0 unspecified atom stereocenters. The lowest BCUT2D eigenvalue weighted by atomic mass is 10.2. The monoisotopic (exact) mass is 361 g/mol. The Morgan fingerprint density at radius 3 is 2.73 bits per heavy atom. The molecule has 0 atom stereocenters. The number of hydrogen-bond acceptors (Lipinski definition) is 4. The molecule has 0 saturated heterocycles. The van der Waals surface area contributed by atoms with Gasteiger partial charge >= 0.3 is 6.01 Å². The summed E-state index contributed by atoms with van der Waals surface area (Å²) in [6, 6.07) is 12.7. The molecule has 0 aliphatic carbocycles. The number of hydrogen-bond donors (Lipinski definition) is 1. The maximum absolute atomic E-state index is 13.2. The number of benzene rings is 2. The number of halogens is 2. The molecule has 1 heterocycles. The van der Waals surface area contributed by atoms with Crippen LogP contribution < -0.4 is 5.32 Å². The minimum atomic E-state index is -0.408. The summed E-state index contributed by atoms with van der Waals surface area (Å²) < 4.78 is 19.1. The number of anilines is 1. The van der Waals surface area contributed by atoms with Crippen molar-refractivity contribution in [3.8, 4) is 11.5 Å². The summed E-state index contributed by atoms with van der Waals surface area (Å²) in [6.07, 6.45) is 0. The molecule has 110 valence electrons. The largest absolute Gasteiger partial charge is 0.403 e. The van der Waals surface area contributed by atoms with Gasteiger partial charge in [-0.2, -0.15) is 0 Å². The molecule has 0 bridgehead atoms. The van der Waals surface area contributed by atoms with Crippen LogP contribution in [0.25, 0.3) is 11.5 Å². The molecule has 5 nitrogen and oxygen atoms in total. The second-order valence-electron chi connectivity index (χ2n) is 4.36. The molecular formula is C15H9BrFN3O2. The molecule has 0 aliphatic heterocycles. The second kappa shape index (κ2) is 6.07. The lowest BCUT2D eigenvalue weighted by molar-refractivity contribution is 0.102. The SMILES string of the molecule is O=C(Nc1nnc(-c2cccc(F)c2)o1)c1ccccc1Br. The molecule has 22 heavy (non-hydrogen) atoms. The molecule has 0 spiro atoms. The van der Waals surface area contributed by atoms with Crippen molar-refractivity contribution < 1.29 is 13.6 Å². The van der Waals surface area contributed by atoms with Gasteiger partial charge in [0.15, 0.2) is 0 Å². The van der Waals surface area contributed by atoms with Gasteiger partial charge in [0.05, 0.1) is 5.56 Å². The Kier molecular flexibility index (Phi) is 3.97. The van der Waals surface area contributed by atoms with Crippen molar-refractivity contribution in [2.45, 2.75) is 0 Å². The first-order valence-electron chi connectivity index (χ1n) is 6.29. The molecule has 1 N–H and O–H groups in total. The van der Waals surface area contributed by atoms with Crippen molar-refractivity contribution in [1.82, 2.24) is 10.2 Å². The van der Waals surface area contributed by atoms with Gasteiger partial charge in [-0.3, -0.25) is 10.1 Å². The molecule has 1 aromatic heterocycles. The highest BCUT2D eigenvalue weighted by atomic mass is 79.9. The van der Waals surface area contributed by atoms with Crippen molar-refractivity contribution >= 4 is 27.9 Å². The quantitative estimate of drug-likeness (QED) is 0.768. The summed E-state index contributed by atoms with van der Waals surface area (Å²) in [7, 11) is 0. The molecule has 3 aromatic rings. The third-order valence-corrected chi connectivity index (χ3v) is 3.53. The Hall–Kier alpha value is -2.54. The van der Waals surface area contributed by atoms with Crippen molar-refractivity contribution in [1.29, 1.82) is 0 Å². The van der Waals surface area contributed by atoms with E-state index >= 15 is 0 Å². The first kappa shape index (κ1) is 14.4. The predicted octanol–water partition coefficient (Wildman–Crippen LogP) is 3.89. The van der Waals surface area contributed by atoms with Crippen LogP contribution in [0.4, 0.5) is 10.4 Å². The number of aromatic nitrogens is 2. The van der Waals surface area contributed by atoms with Crippen LogP contribution in [0.15, 0.2) is 57.4 Å². The molecular weight excluding hydrogens is 353 g/mol. The lowest BCUT2D eigenvalue weighted by Crippen LogP contribution is -2.12. The van der Waals surface area contributed by atoms with Crippen molar-refractivity contribution in [2.24, 2.45) is 0 Å². The third-order valence-electron chi connectivity index (χ3n) is 2.84. The predicted molar refractivity (Wildman–Crippen MR) is 81.8 cm³/mol. The first-order chi connectivity index (χ1) is 10.6. The zero-order valence-electron chi connectivity index (χ0n) is 11.1. The van der Waals surface area contributed by atoms with Gasteiger partial charge in [-0.15, -0.1) is 5.10 Å².